The van der Waals surface area contributed by atoms with Gasteiger partial charge in [-0.05, 0) is 6.08 Å². The fraction of sp³-hybridized carbons (Fsp3) is 0.143. The molecule has 0 radical (unpaired) electrons. The molecule has 2 heterocycles. The van der Waals surface area contributed by atoms with Gasteiger partial charge in [0.1, 0.15) is 0 Å². The van der Waals surface area contributed by atoms with E-state index in [-0.39, 0.29) is 0 Å². The number of fused-ring (bicyclic) bond motifs is 1. The van der Waals surface area contributed by atoms with Crippen molar-refractivity contribution in [1.82, 2.24) is 10.4 Å². The van der Waals surface area contributed by atoms with Gasteiger partial charge in [0.05, 0.1) is 5.57 Å². The van der Waals surface area contributed by atoms with E-state index in [2.05, 4.69) is 10.4 Å². The zero-order chi connectivity index (χ0) is 8.55. The summed E-state index contributed by atoms with van der Waals surface area (Å²) >= 11 is 0. The van der Waals surface area contributed by atoms with Gasteiger partial charge in [-0.15, -0.1) is 0 Å². The van der Waals surface area contributed by atoms with Crippen LogP contribution in [0.1, 0.15) is 0 Å². The number of hydrogen-bond acceptors (Lipinski definition) is 4. The third kappa shape index (κ3) is 0.911. The Morgan fingerprint density at radius 2 is 2.58 bits per heavy atom. The van der Waals surface area contributed by atoms with E-state index < -0.39 is 5.91 Å². The van der Waals surface area contributed by atoms with Crippen molar-refractivity contribution in [3.8, 4) is 0 Å². The molecule has 3 N–H and O–H groups in total. The topological polar surface area (TPSA) is 70.7 Å². The summed E-state index contributed by atoms with van der Waals surface area (Å²) < 4.78 is 0. The summed E-state index contributed by atoms with van der Waals surface area (Å²) in [5, 5.41) is 1.68. The van der Waals surface area contributed by atoms with Crippen molar-refractivity contribution in [3.05, 3.63) is 23.7 Å². The van der Waals surface area contributed by atoms with Crippen molar-refractivity contribution in [2.24, 2.45) is 10.7 Å². The van der Waals surface area contributed by atoms with Crippen molar-refractivity contribution in [1.29, 1.82) is 0 Å². The Hall–Kier alpha value is -1.62. The van der Waals surface area contributed by atoms with Gasteiger partial charge in [0, 0.05) is 19.0 Å². The Kier molecular flexibility index (Phi) is 1.44. The monoisotopic (exact) mass is 164 g/mol. The first-order valence-electron chi connectivity index (χ1n) is 3.55. The smallest absolute Gasteiger partial charge is 0.249 e. The molecule has 1 amide bonds. The summed E-state index contributed by atoms with van der Waals surface area (Å²) in [4.78, 5) is 14.9. The van der Waals surface area contributed by atoms with Crippen LogP contribution in [0.2, 0.25) is 0 Å². The Morgan fingerprint density at radius 3 is 3.33 bits per heavy atom. The number of hydrogen-bond donors (Lipinski definition) is 2. The predicted octanol–water partition coefficient (Wildman–Crippen LogP) is -0.898. The molecule has 0 spiro atoms. The number of carbonyl (C=O) groups excluding carboxylic acids is 1. The van der Waals surface area contributed by atoms with Gasteiger partial charge in [0.15, 0.2) is 5.82 Å². The first kappa shape index (κ1) is 7.05. The minimum atomic E-state index is -0.424. The Labute approximate surface area is 69.2 Å². The molecule has 2 aliphatic heterocycles. The van der Waals surface area contributed by atoms with Gasteiger partial charge in [-0.25, -0.2) is 10.4 Å². The second kappa shape index (κ2) is 2.46. The van der Waals surface area contributed by atoms with Crippen LogP contribution in [0.3, 0.4) is 0 Å². The summed E-state index contributed by atoms with van der Waals surface area (Å²) in [6.07, 6.45) is 5.19. The second-order valence-electron chi connectivity index (χ2n) is 2.49. The molecule has 0 saturated heterocycles. The molecule has 2 aliphatic rings. The van der Waals surface area contributed by atoms with E-state index in [0.717, 1.165) is 0 Å². The van der Waals surface area contributed by atoms with Gasteiger partial charge in [-0.1, -0.05) is 0 Å². The second-order valence-corrected chi connectivity index (χ2v) is 2.49. The van der Waals surface area contributed by atoms with Gasteiger partial charge in [0.2, 0.25) is 5.91 Å². The molecule has 5 heteroatoms. The first-order valence-corrected chi connectivity index (χ1v) is 3.55. The fourth-order valence-corrected chi connectivity index (χ4v) is 1.16. The van der Waals surface area contributed by atoms with Gasteiger partial charge >= 0.3 is 0 Å². The maximum atomic E-state index is 10.9. The van der Waals surface area contributed by atoms with E-state index in [9.17, 15) is 4.79 Å². The number of aliphatic imine (C=N–C) groups is 1. The zero-order valence-electron chi connectivity index (χ0n) is 6.32. The Morgan fingerprint density at radius 1 is 1.75 bits per heavy atom. The molecular formula is C7H8N4O. The molecular weight excluding hydrogens is 156 g/mol. The van der Waals surface area contributed by atoms with E-state index in [0.29, 0.717) is 17.9 Å². The van der Waals surface area contributed by atoms with Crippen LogP contribution in [-0.2, 0) is 4.79 Å². The van der Waals surface area contributed by atoms with E-state index in [1.807, 2.05) is 0 Å². The lowest BCUT2D eigenvalue weighted by Crippen LogP contribution is -2.27. The number of hydrazine groups is 1. The van der Waals surface area contributed by atoms with Crippen LogP contribution < -0.4 is 11.2 Å². The Bertz CT molecular complexity index is 315. The van der Waals surface area contributed by atoms with Crippen molar-refractivity contribution in [2.45, 2.75) is 0 Å². The molecule has 0 aromatic rings. The third-order valence-electron chi connectivity index (χ3n) is 1.74. The highest BCUT2D eigenvalue weighted by Gasteiger charge is 2.24. The Balaban J connectivity index is 2.40. The molecule has 2 rings (SSSR count). The van der Waals surface area contributed by atoms with Crippen LogP contribution >= 0.6 is 0 Å². The van der Waals surface area contributed by atoms with Gasteiger partial charge < -0.3 is 5.73 Å². The van der Waals surface area contributed by atoms with Crippen LogP contribution in [0.4, 0.5) is 0 Å². The largest absolute Gasteiger partial charge is 0.366 e. The lowest BCUT2D eigenvalue weighted by molar-refractivity contribution is -0.114. The number of amides is 1. The van der Waals surface area contributed by atoms with Crippen molar-refractivity contribution in [2.75, 3.05) is 6.54 Å². The molecule has 0 aromatic heterocycles. The highest BCUT2D eigenvalue weighted by Crippen LogP contribution is 2.17. The normalized spacial score (nSPS) is 20.2. The van der Waals surface area contributed by atoms with Gasteiger partial charge in [-0.2, -0.15) is 0 Å². The van der Waals surface area contributed by atoms with E-state index in [1.54, 1.807) is 23.5 Å². The zero-order valence-corrected chi connectivity index (χ0v) is 6.32. The van der Waals surface area contributed by atoms with E-state index in [4.69, 9.17) is 5.73 Å². The summed E-state index contributed by atoms with van der Waals surface area (Å²) in [6, 6.07) is 0. The lowest BCUT2D eigenvalue weighted by Gasteiger charge is -2.15. The molecule has 12 heavy (non-hydrogen) atoms. The molecule has 0 aliphatic carbocycles. The van der Waals surface area contributed by atoms with Gasteiger partial charge in [0.25, 0.3) is 0 Å². The summed E-state index contributed by atoms with van der Waals surface area (Å²) in [7, 11) is 0. The highest BCUT2D eigenvalue weighted by molar-refractivity contribution is 5.94. The number of rotatable bonds is 1. The molecule has 0 unspecified atom stereocenters. The lowest BCUT2D eigenvalue weighted by atomic mass is 10.2. The summed E-state index contributed by atoms with van der Waals surface area (Å²) in [5.41, 5.74) is 8.61. The van der Waals surface area contributed by atoms with Crippen LogP contribution in [0.15, 0.2) is 28.7 Å². The maximum absolute atomic E-state index is 10.9. The summed E-state index contributed by atoms with van der Waals surface area (Å²) in [6.45, 7) is 0.451. The number of primary amides is 1. The van der Waals surface area contributed by atoms with Crippen LogP contribution in [0, 0.1) is 0 Å². The standard InChI is InChI=1S/C7H8N4O/c8-6(12)5-4-10-11-3-1-2-9-7(5)11/h1-3,10H,4H2,(H2,8,12). The van der Waals surface area contributed by atoms with Crippen molar-refractivity contribution < 1.29 is 4.79 Å². The minimum absolute atomic E-state index is 0.424. The molecule has 0 aromatic carbocycles. The molecule has 0 fully saturated rings. The minimum Gasteiger partial charge on any atom is -0.366 e. The number of nitrogens with two attached hydrogens (primary N) is 1. The molecule has 0 atom stereocenters. The average molecular weight is 164 g/mol. The van der Waals surface area contributed by atoms with Crippen LogP contribution in [0.5, 0.6) is 0 Å². The number of carbonyl (C=O) groups is 1. The van der Waals surface area contributed by atoms with Crippen molar-refractivity contribution in [3.63, 3.8) is 0 Å². The number of nitrogens with one attached hydrogen (secondary N) is 1. The van der Waals surface area contributed by atoms with Crippen molar-refractivity contribution >= 4 is 12.1 Å². The van der Waals surface area contributed by atoms with Gasteiger partial charge in [-0.3, -0.25) is 9.80 Å². The first-order chi connectivity index (χ1) is 5.79. The molecule has 5 nitrogen and oxygen atoms in total. The predicted molar refractivity (Wildman–Crippen MR) is 43.7 cm³/mol. The number of allylic oxidation sites excluding steroid dienone is 1. The highest BCUT2D eigenvalue weighted by atomic mass is 16.1. The fourth-order valence-electron chi connectivity index (χ4n) is 1.16. The quantitative estimate of drug-likeness (QED) is 0.527. The summed E-state index contributed by atoms with van der Waals surface area (Å²) in [5.74, 6) is 0.178. The van der Waals surface area contributed by atoms with Crippen LogP contribution in [-0.4, -0.2) is 23.7 Å². The molecule has 0 saturated carbocycles. The maximum Gasteiger partial charge on any atom is 0.249 e. The molecule has 0 bridgehead atoms. The SMILES string of the molecule is NC(=O)C1=C2N=CC=CN2NC1. The third-order valence-corrected chi connectivity index (χ3v) is 1.74. The average Bonchev–Trinajstić information content (AvgIpc) is 2.47. The van der Waals surface area contributed by atoms with E-state index >= 15 is 0 Å². The van der Waals surface area contributed by atoms with E-state index in [1.165, 1.54) is 0 Å². The number of nitrogens with zero attached hydrogens (tertiary/aromatic N) is 2. The van der Waals surface area contributed by atoms with Crippen LogP contribution in [0.25, 0.3) is 0 Å². The molecule has 62 valence electrons.